The van der Waals surface area contributed by atoms with Gasteiger partial charge in [0.1, 0.15) is 6.04 Å². The molecule has 3 unspecified atom stereocenters. The molecule has 114 valence electrons. The summed E-state index contributed by atoms with van der Waals surface area (Å²) < 4.78 is 4.78. The molecule has 1 amide bonds. The minimum atomic E-state index is -0.570. The molecule has 20 heavy (non-hydrogen) atoms. The highest BCUT2D eigenvalue weighted by molar-refractivity contribution is 5.83. The van der Waals surface area contributed by atoms with Crippen LogP contribution in [0.1, 0.15) is 26.2 Å². The summed E-state index contributed by atoms with van der Waals surface area (Å²) in [6, 6.07) is 0.667. The van der Waals surface area contributed by atoms with Gasteiger partial charge in [-0.15, -0.1) is 0 Å². The molecule has 6 heteroatoms. The Bertz CT molecular complexity index is 375. The van der Waals surface area contributed by atoms with E-state index >= 15 is 0 Å². The largest absolute Gasteiger partial charge is 0.467 e. The molecule has 0 aromatic heterocycles. The van der Waals surface area contributed by atoms with Crippen LogP contribution in [-0.2, 0) is 14.3 Å². The molecular weight excluding hydrogens is 258 g/mol. The van der Waals surface area contributed by atoms with Gasteiger partial charge < -0.3 is 10.1 Å². The van der Waals surface area contributed by atoms with Crippen molar-refractivity contribution in [1.82, 2.24) is 15.1 Å². The van der Waals surface area contributed by atoms with Crippen LogP contribution >= 0.6 is 0 Å². The minimum absolute atomic E-state index is 0.200. The molecule has 1 N–H and O–H groups in total. The summed E-state index contributed by atoms with van der Waals surface area (Å²) >= 11 is 0. The van der Waals surface area contributed by atoms with Gasteiger partial charge in [0.15, 0.2) is 0 Å². The lowest BCUT2D eigenvalue weighted by Gasteiger charge is -2.28. The fraction of sp³-hybridized carbons (Fsp3) is 0.857. The number of nitrogens with one attached hydrogen (secondary N) is 1. The van der Waals surface area contributed by atoms with E-state index in [-0.39, 0.29) is 11.9 Å². The number of amides is 1. The first-order valence-electron chi connectivity index (χ1n) is 7.30. The molecule has 2 saturated heterocycles. The molecule has 0 aliphatic carbocycles. The molecule has 2 bridgehead atoms. The van der Waals surface area contributed by atoms with Gasteiger partial charge >= 0.3 is 5.97 Å². The molecule has 6 nitrogen and oxygen atoms in total. The van der Waals surface area contributed by atoms with Gasteiger partial charge in [-0.25, -0.2) is 4.79 Å². The lowest BCUT2D eigenvalue weighted by atomic mass is 10.1. The van der Waals surface area contributed by atoms with Crippen molar-refractivity contribution in [3.63, 3.8) is 0 Å². The first kappa shape index (κ1) is 15.3. The third-order valence-electron chi connectivity index (χ3n) is 4.54. The zero-order chi connectivity index (χ0) is 14.7. The number of likely N-dealkylation sites (N-methyl/N-ethyl adjacent to an activating group) is 1. The van der Waals surface area contributed by atoms with Crippen molar-refractivity contribution < 1.29 is 14.3 Å². The van der Waals surface area contributed by atoms with Gasteiger partial charge in [0.25, 0.3) is 0 Å². The van der Waals surface area contributed by atoms with E-state index in [2.05, 4.69) is 22.2 Å². The van der Waals surface area contributed by atoms with Crippen LogP contribution in [0.4, 0.5) is 0 Å². The summed E-state index contributed by atoms with van der Waals surface area (Å²) in [7, 11) is 3.55. The molecule has 3 atom stereocenters. The van der Waals surface area contributed by atoms with Gasteiger partial charge in [-0.3, -0.25) is 14.6 Å². The summed E-state index contributed by atoms with van der Waals surface area (Å²) in [6.07, 6.45) is 3.63. The maximum atomic E-state index is 11.8. The second-order valence-corrected chi connectivity index (χ2v) is 5.87. The van der Waals surface area contributed by atoms with E-state index in [4.69, 9.17) is 4.74 Å². The van der Waals surface area contributed by atoms with Gasteiger partial charge in [0.2, 0.25) is 5.91 Å². The lowest BCUT2D eigenvalue weighted by molar-refractivity contribution is -0.145. The number of carbonyl (C=O) groups excluding carboxylic acids is 2. The van der Waals surface area contributed by atoms with E-state index < -0.39 is 6.04 Å². The fourth-order valence-corrected chi connectivity index (χ4v) is 3.37. The standard InChI is InChI=1S/C14H25N3O3/c1-10(18)15-13(14(19)20-3)9-17-7-6-11-4-5-12(8-17)16(11)2/h11-13H,4-9H2,1-3H3,(H,15,18). The second kappa shape index (κ2) is 6.54. The highest BCUT2D eigenvalue weighted by atomic mass is 16.5. The molecule has 0 aromatic carbocycles. The smallest absolute Gasteiger partial charge is 0.329 e. The van der Waals surface area contributed by atoms with E-state index in [0.717, 1.165) is 19.5 Å². The van der Waals surface area contributed by atoms with Crippen molar-refractivity contribution in [1.29, 1.82) is 0 Å². The Kier molecular flexibility index (Phi) is 4.99. The predicted molar refractivity (Wildman–Crippen MR) is 75.3 cm³/mol. The van der Waals surface area contributed by atoms with Crippen molar-refractivity contribution in [3.05, 3.63) is 0 Å². The number of nitrogens with zero attached hydrogens (tertiary/aromatic N) is 2. The Balaban J connectivity index is 1.96. The first-order valence-corrected chi connectivity index (χ1v) is 7.30. The zero-order valence-electron chi connectivity index (χ0n) is 12.6. The predicted octanol–water partition coefficient (Wildman–Crippen LogP) is -0.167. The van der Waals surface area contributed by atoms with Crippen LogP contribution in [-0.4, -0.2) is 73.6 Å². The molecule has 0 radical (unpaired) electrons. The molecule has 0 spiro atoms. The van der Waals surface area contributed by atoms with Crippen molar-refractivity contribution in [2.24, 2.45) is 0 Å². The van der Waals surface area contributed by atoms with Gasteiger partial charge in [-0.05, 0) is 32.9 Å². The van der Waals surface area contributed by atoms with E-state index in [0.29, 0.717) is 18.6 Å². The van der Waals surface area contributed by atoms with E-state index in [9.17, 15) is 9.59 Å². The first-order chi connectivity index (χ1) is 9.51. The van der Waals surface area contributed by atoms with Crippen molar-refractivity contribution in [2.45, 2.75) is 44.3 Å². The average molecular weight is 283 g/mol. The van der Waals surface area contributed by atoms with Gasteiger partial charge in [-0.1, -0.05) is 0 Å². The third kappa shape index (κ3) is 3.49. The van der Waals surface area contributed by atoms with E-state index in [1.807, 2.05) is 0 Å². The number of rotatable bonds is 4. The van der Waals surface area contributed by atoms with Gasteiger partial charge in [0, 0.05) is 32.1 Å². The molecule has 0 saturated carbocycles. The number of carbonyl (C=O) groups is 2. The van der Waals surface area contributed by atoms with Crippen LogP contribution in [0.15, 0.2) is 0 Å². The van der Waals surface area contributed by atoms with Crippen LogP contribution in [0.2, 0.25) is 0 Å². The summed E-state index contributed by atoms with van der Waals surface area (Å²) in [5, 5.41) is 2.68. The third-order valence-corrected chi connectivity index (χ3v) is 4.54. The topological polar surface area (TPSA) is 61.9 Å². The molecular formula is C14H25N3O3. The number of methoxy groups -OCH3 is 1. The molecule has 0 aromatic rings. The molecule has 2 heterocycles. The van der Waals surface area contributed by atoms with Crippen molar-refractivity contribution in [2.75, 3.05) is 33.8 Å². The number of hydrogen-bond donors (Lipinski definition) is 1. The van der Waals surface area contributed by atoms with Crippen LogP contribution in [0, 0.1) is 0 Å². The number of esters is 1. The number of fused-ring (bicyclic) bond motifs is 2. The molecule has 2 rings (SSSR count). The van der Waals surface area contributed by atoms with E-state index in [1.165, 1.54) is 26.9 Å². The van der Waals surface area contributed by atoms with Gasteiger partial charge in [0.05, 0.1) is 7.11 Å². The normalized spacial score (nSPS) is 28.8. The average Bonchev–Trinajstić information content (AvgIpc) is 2.64. The van der Waals surface area contributed by atoms with Crippen LogP contribution in [0.25, 0.3) is 0 Å². The van der Waals surface area contributed by atoms with Crippen molar-refractivity contribution in [3.8, 4) is 0 Å². The Morgan fingerprint density at radius 1 is 1.30 bits per heavy atom. The lowest BCUT2D eigenvalue weighted by Crippen LogP contribution is -2.50. The quantitative estimate of drug-likeness (QED) is 0.726. The number of hydrogen-bond acceptors (Lipinski definition) is 5. The summed E-state index contributed by atoms with van der Waals surface area (Å²) in [5.41, 5.74) is 0. The number of likely N-dealkylation sites (tertiary alicyclic amines) is 1. The Morgan fingerprint density at radius 2 is 2.00 bits per heavy atom. The zero-order valence-corrected chi connectivity index (χ0v) is 12.6. The van der Waals surface area contributed by atoms with Crippen LogP contribution in [0.5, 0.6) is 0 Å². The Morgan fingerprint density at radius 3 is 2.65 bits per heavy atom. The highest BCUT2D eigenvalue weighted by Crippen LogP contribution is 2.28. The minimum Gasteiger partial charge on any atom is -0.467 e. The Hall–Kier alpha value is -1.14. The van der Waals surface area contributed by atoms with Gasteiger partial charge in [-0.2, -0.15) is 0 Å². The molecule has 2 aliphatic rings. The van der Waals surface area contributed by atoms with Crippen LogP contribution < -0.4 is 5.32 Å². The summed E-state index contributed by atoms with van der Waals surface area (Å²) in [4.78, 5) is 27.7. The van der Waals surface area contributed by atoms with Crippen LogP contribution in [0.3, 0.4) is 0 Å². The Labute approximate surface area is 120 Å². The molecule has 2 fully saturated rings. The fourth-order valence-electron chi connectivity index (χ4n) is 3.37. The highest BCUT2D eigenvalue weighted by Gasteiger charge is 2.35. The summed E-state index contributed by atoms with van der Waals surface area (Å²) in [6.45, 7) is 3.89. The SMILES string of the molecule is COC(=O)C(CN1CCC2CCC(C1)N2C)NC(C)=O. The van der Waals surface area contributed by atoms with Crippen molar-refractivity contribution >= 4 is 11.9 Å². The molecule has 2 aliphatic heterocycles. The maximum absolute atomic E-state index is 11.8. The van der Waals surface area contributed by atoms with E-state index in [1.54, 1.807) is 0 Å². The maximum Gasteiger partial charge on any atom is 0.329 e. The summed E-state index contributed by atoms with van der Waals surface area (Å²) in [5.74, 6) is -0.572. The second-order valence-electron chi connectivity index (χ2n) is 5.87. The monoisotopic (exact) mass is 283 g/mol. The number of ether oxygens (including phenoxy) is 1.